The number of benzene rings is 1. The quantitative estimate of drug-likeness (QED) is 0.833. The van der Waals surface area contributed by atoms with Gasteiger partial charge in [-0.2, -0.15) is 0 Å². The Bertz CT molecular complexity index is 637. The van der Waals surface area contributed by atoms with Gasteiger partial charge in [-0.1, -0.05) is 6.07 Å². The van der Waals surface area contributed by atoms with Gasteiger partial charge in [-0.05, 0) is 25.8 Å². The summed E-state index contributed by atoms with van der Waals surface area (Å²) in [7, 11) is 0. The summed E-state index contributed by atoms with van der Waals surface area (Å²) < 4.78 is 32.6. The molecule has 1 aromatic carbocycles. The lowest BCUT2D eigenvalue weighted by atomic mass is 9.80. The predicted molar refractivity (Wildman–Crippen MR) is 78.8 cm³/mol. The molecule has 3 rings (SSSR count). The van der Waals surface area contributed by atoms with E-state index in [2.05, 4.69) is 0 Å². The Morgan fingerprint density at radius 2 is 1.87 bits per heavy atom. The first-order chi connectivity index (χ1) is 10.9. The Labute approximate surface area is 133 Å². The van der Waals surface area contributed by atoms with Crippen LogP contribution in [0.25, 0.3) is 0 Å². The minimum Gasteiger partial charge on any atom is -0.443 e. The van der Waals surface area contributed by atoms with E-state index in [9.17, 15) is 18.4 Å². The van der Waals surface area contributed by atoms with Crippen LogP contribution in [0.15, 0.2) is 18.2 Å². The van der Waals surface area contributed by atoms with Crippen molar-refractivity contribution in [3.05, 3.63) is 35.4 Å². The molecule has 0 radical (unpaired) electrons. The second-order valence-corrected chi connectivity index (χ2v) is 6.37. The molecule has 1 heterocycles. The van der Waals surface area contributed by atoms with Crippen molar-refractivity contribution in [1.82, 2.24) is 4.90 Å². The number of halogens is 2. The van der Waals surface area contributed by atoms with Gasteiger partial charge in [0.25, 0.3) is 0 Å². The third-order valence-electron chi connectivity index (χ3n) is 4.95. The summed E-state index contributed by atoms with van der Waals surface area (Å²) in [6.45, 7) is 2.13. The molecule has 1 atom stereocenters. The van der Waals surface area contributed by atoms with E-state index in [1.807, 2.05) is 0 Å². The Morgan fingerprint density at radius 1 is 1.17 bits per heavy atom. The highest BCUT2D eigenvalue weighted by molar-refractivity contribution is 5.80. The number of Topliss-reactive ketones (excluding diaryl/α,β-unsaturated/α-hetero) is 1. The maximum absolute atomic E-state index is 13.9. The first-order valence-corrected chi connectivity index (χ1v) is 7.86. The summed E-state index contributed by atoms with van der Waals surface area (Å²) in [6, 6.07) is 2.81. The van der Waals surface area contributed by atoms with E-state index >= 15 is 0 Å². The number of ketones is 1. The van der Waals surface area contributed by atoms with E-state index in [0.717, 1.165) is 6.07 Å². The van der Waals surface area contributed by atoms with Crippen molar-refractivity contribution in [3.63, 3.8) is 0 Å². The Kier molecular flexibility index (Phi) is 4.08. The zero-order valence-corrected chi connectivity index (χ0v) is 13.0. The van der Waals surface area contributed by atoms with E-state index in [4.69, 9.17) is 4.74 Å². The van der Waals surface area contributed by atoms with Gasteiger partial charge < -0.3 is 9.64 Å². The molecule has 1 saturated heterocycles. The van der Waals surface area contributed by atoms with Gasteiger partial charge in [-0.3, -0.25) is 4.79 Å². The second kappa shape index (κ2) is 5.91. The van der Waals surface area contributed by atoms with Gasteiger partial charge in [0.05, 0.1) is 6.04 Å². The summed E-state index contributed by atoms with van der Waals surface area (Å²) >= 11 is 0. The smallest absolute Gasteiger partial charge is 0.410 e. The Hall–Kier alpha value is -1.98. The average molecular weight is 323 g/mol. The van der Waals surface area contributed by atoms with E-state index in [-0.39, 0.29) is 11.3 Å². The lowest BCUT2D eigenvalue weighted by molar-refractivity contribution is -0.129. The molecule has 1 amide bonds. The molecule has 2 fully saturated rings. The summed E-state index contributed by atoms with van der Waals surface area (Å²) in [5.74, 6) is -1.12. The lowest BCUT2D eigenvalue weighted by Gasteiger charge is -2.44. The fourth-order valence-corrected chi connectivity index (χ4v) is 3.41. The number of hydrogen-bond acceptors (Lipinski definition) is 3. The molecule has 1 aromatic rings. The highest BCUT2D eigenvalue weighted by Crippen LogP contribution is 2.38. The minimum absolute atomic E-state index is 0.204. The molecule has 4 nitrogen and oxygen atoms in total. The average Bonchev–Trinajstić information content (AvgIpc) is 2.50. The van der Waals surface area contributed by atoms with E-state index in [1.54, 1.807) is 6.92 Å². The van der Waals surface area contributed by atoms with Gasteiger partial charge in [-0.15, -0.1) is 0 Å². The summed E-state index contributed by atoms with van der Waals surface area (Å²) in [6.07, 6.45) is 2.13. The first-order valence-electron chi connectivity index (χ1n) is 7.86. The molecule has 0 aromatic heterocycles. The van der Waals surface area contributed by atoms with Gasteiger partial charge in [0.1, 0.15) is 23.0 Å². The van der Waals surface area contributed by atoms with Crippen molar-refractivity contribution < 1.29 is 23.1 Å². The predicted octanol–water partition coefficient (Wildman–Crippen LogP) is 3.75. The van der Waals surface area contributed by atoms with Crippen LogP contribution in [0.5, 0.6) is 0 Å². The number of amides is 1. The van der Waals surface area contributed by atoms with Crippen LogP contribution in [-0.2, 0) is 9.53 Å². The number of ether oxygens (including phenoxy) is 1. The van der Waals surface area contributed by atoms with Gasteiger partial charge in [0.2, 0.25) is 0 Å². The number of carbonyl (C=O) groups excluding carboxylic acids is 2. The summed E-state index contributed by atoms with van der Waals surface area (Å²) in [5.41, 5.74) is -0.291. The molecule has 1 saturated carbocycles. The van der Waals surface area contributed by atoms with Crippen LogP contribution in [0.4, 0.5) is 13.6 Å². The standard InChI is InChI=1S/C17H19F2NO3/c1-11(14-3-2-12(18)10-15(14)19)20-9-8-17(23-16(20)22)6-4-13(21)5-7-17/h2-3,10-11H,4-9H2,1H3. The molecule has 1 aliphatic heterocycles. The maximum Gasteiger partial charge on any atom is 0.410 e. The van der Waals surface area contributed by atoms with Crippen molar-refractivity contribution in [2.45, 2.75) is 50.7 Å². The van der Waals surface area contributed by atoms with Crippen molar-refractivity contribution >= 4 is 11.9 Å². The molecule has 0 N–H and O–H groups in total. The molecule has 1 aliphatic carbocycles. The largest absolute Gasteiger partial charge is 0.443 e. The SMILES string of the molecule is CC(c1ccc(F)cc1F)N1CCC2(CCC(=O)CC2)OC1=O. The van der Waals surface area contributed by atoms with Crippen LogP contribution in [0.3, 0.4) is 0 Å². The molecule has 2 aliphatic rings. The van der Waals surface area contributed by atoms with Gasteiger partial charge in [0, 0.05) is 37.4 Å². The Balaban J connectivity index is 1.73. The van der Waals surface area contributed by atoms with E-state index < -0.39 is 29.4 Å². The third kappa shape index (κ3) is 3.07. The first kappa shape index (κ1) is 15.9. The molecule has 124 valence electrons. The van der Waals surface area contributed by atoms with Crippen LogP contribution in [0.1, 0.15) is 50.6 Å². The number of hydrogen-bond donors (Lipinski definition) is 0. The van der Waals surface area contributed by atoms with Crippen molar-refractivity contribution in [2.75, 3.05) is 6.54 Å². The van der Waals surface area contributed by atoms with Crippen LogP contribution in [0, 0.1) is 11.6 Å². The monoisotopic (exact) mass is 323 g/mol. The van der Waals surface area contributed by atoms with E-state index in [1.165, 1.54) is 17.0 Å². The Morgan fingerprint density at radius 3 is 2.48 bits per heavy atom. The van der Waals surface area contributed by atoms with Gasteiger partial charge >= 0.3 is 6.09 Å². The lowest BCUT2D eigenvalue weighted by Crippen LogP contribution is -2.51. The van der Waals surface area contributed by atoms with Crippen LogP contribution in [0.2, 0.25) is 0 Å². The van der Waals surface area contributed by atoms with Gasteiger partial charge in [0.15, 0.2) is 0 Å². The number of rotatable bonds is 2. The number of carbonyl (C=O) groups is 2. The highest BCUT2D eigenvalue weighted by Gasteiger charge is 2.44. The molecule has 6 heteroatoms. The van der Waals surface area contributed by atoms with Crippen LogP contribution in [-0.4, -0.2) is 28.9 Å². The normalized spacial score (nSPS) is 22.1. The van der Waals surface area contributed by atoms with Gasteiger partial charge in [-0.25, -0.2) is 13.6 Å². The summed E-state index contributed by atoms with van der Waals surface area (Å²) in [5, 5.41) is 0. The molecule has 1 unspecified atom stereocenters. The van der Waals surface area contributed by atoms with Crippen LogP contribution >= 0.6 is 0 Å². The van der Waals surface area contributed by atoms with Crippen molar-refractivity contribution in [1.29, 1.82) is 0 Å². The molecule has 0 bridgehead atoms. The third-order valence-corrected chi connectivity index (χ3v) is 4.95. The van der Waals surface area contributed by atoms with E-state index in [0.29, 0.717) is 38.6 Å². The fourth-order valence-electron chi connectivity index (χ4n) is 3.41. The van der Waals surface area contributed by atoms with Crippen molar-refractivity contribution in [3.8, 4) is 0 Å². The molecular weight excluding hydrogens is 304 g/mol. The maximum atomic E-state index is 13.9. The van der Waals surface area contributed by atoms with Crippen LogP contribution < -0.4 is 0 Å². The highest BCUT2D eigenvalue weighted by atomic mass is 19.1. The topological polar surface area (TPSA) is 46.6 Å². The summed E-state index contributed by atoms with van der Waals surface area (Å²) in [4.78, 5) is 25.2. The molecular formula is C17H19F2NO3. The molecule has 1 spiro atoms. The second-order valence-electron chi connectivity index (χ2n) is 6.37. The zero-order valence-electron chi connectivity index (χ0n) is 13.0. The van der Waals surface area contributed by atoms with Crippen molar-refractivity contribution in [2.24, 2.45) is 0 Å². The molecule has 23 heavy (non-hydrogen) atoms. The number of nitrogens with zero attached hydrogens (tertiary/aromatic N) is 1. The zero-order chi connectivity index (χ0) is 16.6. The minimum atomic E-state index is -0.672. The fraction of sp³-hybridized carbons (Fsp3) is 0.529.